The van der Waals surface area contributed by atoms with Crippen molar-refractivity contribution in [3.05, 3.63) is 12.4 Å². The van der Waals surface area contributed by atoms with Crippen LogP contribution in [0.4, 0.5) is 17.6 Å². The second-order valence-electron chi connectivity index (χ2n) is 3.13. The second-order valence-corrected chi connectivity index (χ2v) is 3.13. The third kappa shape index (κ3) is 2.43. The van der Waals surface area contributed by atoms with E-state index in [0.717, 1.165) is 4.90 Å². The molecular weight excluding hydrogens is 186 g/mol. The Morgan fingerprint density at radius 2 is 1.69 bits per heavy atom. The molecule has 5 heteroatoms. The van der Waals surface area contributed by atoms with E-state index in [2.05, 4.69) is 6.58 Å². The van der Waals surface area contributed by atoms with Gasteiger partial charge in [0.15, 0.2) is 6.04 Å². The van der Waals surface area contributed by atoms with Crippen LogP contribution in [0.3, 0.4) is 0 Å². The highest BCUT2D eigenvalue weighted by atomic mass is 19.4. The van der Waals surface area contributed by atoms with Crippen LogP contribution in [0, 0.1) is 0 Å². The van der Waals surface area contributed by atoms with Gasteiger partial charge in [0, 0.05) is 0 Å². The molecule has 1 aliphatic rings. The third-order valence-electron chi connectivity index (χ3n) is 2.11. The van der Waals surface area contributed by atoms with E-state index in [4.69, 9.17) is 0 Å². The first-order valence-electron chi connectivity index (χ1n) is 4.08. The summed E-state index contributed by atoms with van der Waals surface area (Å²) in [5.74, 6) is -1.31. The van der Waals surface area contributed by atoms with Crippen LogP contribution in [0.1, 0.15) is 12.8 Å². The standard InChI is InChI=1S/C8H11F4N/c1-6(9)7(8(10,11)12)13-4-2-3-5-13/h7H,1-5H2/t7-/m1/s1. The molecular formula is C8H11F4N. The molecule has 0 bridgehead atoms. The quantitative estimate of drug-likeness (QED) is 0.615. The van der Waals surface area contributed by atoms with Gasteiger partial charge in [-0.25, -0.2) is 4.39 Å². The van der Waals surface area contributed by atoms with Crippen molar-refractivity contribution in [1.82, 2.24) is 4.90 Å². The highest BCUT2D eigenvalue weighted by molar-refractivity contribution is 5.02. The number of alkyl halides is 3. The molecule has 0 saturated carbocycles. The maximum absolute atomic E-state index is 12.6. The van der Waals surface area contributed by atoms with E-state index in [0.29, 0.717) is 25.9 Å². The van der Waals surface area contributed by atoms with Gasteiger partial charge in [-0.3, -0.25) is 4.90 Å². The van der Waals surface area contributed by atoms with Crippen LogP contribution in [0.15, 0.2) is 12.4 Å². The lowest BCUT2D eigenvalue weighted by Gasteiger charge is -2.27. The number of hydrogen-bond donors (Lipinski definition) is 0. The second kappa shape index (κ2) is 3.65. The van der Waals surface area contributed by atoms with Crippen LogP contribution in [-0.2, 0) is 0 Å². The van der Waals surface area contributed by atoms with Crippen molar-refractivity contribution in [2.45, 2.75) is 25.1 Å². The average Bonchev–Trinajstić information content (AvgIpc) is 2.34. The first-order chi connectivity index (χ1) is 5.93. The minimum Gasteiger partial charge on any atom is -0.287 e. The summed E-state index contributed by atoms with van der Waals surface area (Å²) in [5, 5.41) is 0. The highest BCUT2D eigenvalue weighted by Crippen LogP contribution is 2.31. The Balaban J connectivity index is 2.72. The molecule has 0 aromatic carbocycles. The van der Waals surface area contributed by atoms with E-state index in [9.17, 15) is 17.6 Å². The van der Waals surface area contributed by atoms with Gasteiger partial charge in [-0.15, -0.1) is 0 Å². The molecule has 0 spiro atoms. The summed E-state index contributed by atoms with van der Waals surface area (Å²) in [5.41, 5.74) is 0. The molecule has 13 heavy (non-hydrogen) atoms. The molecule has 1 nitrogen and oxygen atoms in total. The summed E-state index contributed by atoms with van der Waals surface area (Å²) in [7, 11) is 0. The lowest BCUT2D eigenvalue weighted by Crippen LogP contribution is -2.44. The molecule has 0 radical (unpaired) electrons. The maximum atomic E-state index is 12.6. The molecule has 0 aromatic heterocycles. The Hall–Kier alpha value is -0.580. The van der Waals surface area contributed by atoms with Gasteiger partial charge in [-0.2, -0.15) is 13.2 Å². The first kappa shape index (κ1) is 10.5. The third-order valence-corrected chi connectivity index (χ3v) is 2.11. The molecule has 1 saturated heterocycles. The smallest absolute Gasteiger partial charge is 0.287 e. The Bertz CT molecular complexity index is 193. The molecule has 1 rings (SSSR count). The summed E-state index contributed by atoms with van der Waals surface area (Å²) in [4.78, 5) is 1.09. The Kier molecular flexibility index (Phi) is 2.95. The lowest BCUT2D eigenvalue weighted by atomic mass is 10.2. The minimum absolute atomic E-state index is 0.299. The van der Waals surface area contributed by atoms with Crippen LogP contribution in [0.5, 0.6) is 0 Å². The van der Waals surface area contributed by atoms with Crippen molar-refractivity contribution < 1.29 is 17.6 Å². The van der Waals surface area contributed by atoms with Gasteiger partial charge >= 0.3 is 6.18 Å². The van der Waals surface area contributed by atoms with Crippen molar-refractivity contribution in [3.8, 4) is 0 Å². The number of rotatable bonds is 2. The fourth-order valence-corrected chi connectivity index (χ4v) is 1.58. The van der Waals surface area contributed by atoms with Crippen molar-refractivity contribution in [1.29, 1.82) is 0 Å². The Labute approximate surface area is 74.0 Å². The maximum Gasteiger partial charge on any atom is 0.410 e. The van der Waals surface area contributed by atoms with E-state index in [1.54, 1.807) is 0 Å². The van der Waals surface area contributed by atoms with E-state index >= 15 is 0 Å². The fraction of sp³-hybridized carbons (Fsp3) is 0.750. The van der Waals surface area contributed by atoms with Crippen LogP contribution in [-0.4, -0.2) is 30.2 Å². The first-order valence-corrected chi connectivity index (χ1v) is 4.08. The molecule has 0 aromatic rings. The molecule has 0 unspecified atom stereocenters. The Morgan fingerprint density at radius 3 is 2.00 bits per heavy atom. The van der Waals surface area contributed by atoms with Gasteiger partial charge in [0.1, 0.15) is 5.83 Å². The SMILES string of the molecule is C=C(F)[C@@H](N1CCCC1)C(F)(F)F. The predicted molar refractivity (Wildman–Crippen MR) is 40.9 cm³/mol. The van der Waals surface area contributed by atoms with Crippen LogP contribution in [0.2, 0.25) is 0 Å². The minimum atomic E-state index is -4.55. The van der Waals surface area contributed by atoms with Crippen LogP contribution >= 0.6 is 0 Å². The number of hydrogen-bond acceptors (Lipinski definition) is 1. The average molecular weight is 197 g/mol. The van der Waals surface area contributed by atoms with Crippen LogP contribution < -0.4 is 0 Å². The van der Waals surface area contributed by atoms with Crippen molar-refractivity contribution in [2.75, 3.05) is 13.1 Å². The van der Waals surface area contributed by atoms with E-state index in [-0.39, 0.29) is 0 Å². The predicted octanol–water partition coefficient (Wildman–Crippen LogP) is 2.50. The topological polar surface area (TPSA) is 3.24 Å². The molecule has 0 amide bonds. The monoisotopic (exact) mass is 197 g/mol. The highest BCUT2D eigenvalue weighted by Gasteiger charge is 2.46. The number of likely N-dealkylation sites (tertiary alicyclic amines) is 1. The molecule has 1 fully saturated rings. The van der Waals surface area contributed by atoms with Gasteiger partial charge < -0.3 is 0 Å². The van der Waals surface area contributed by atoms with Crippen LogP contribution in [0.25, 0.3) is 0 Å². The van der Waals surface area contributed by atoms with Crippen molar-refractivity contribution in [3.63, 3.8) is 0 Å². The van der Waals surface area contributed by atoms with Crippen molar-refractivity contribution >= 4 is 0 Å². The van der Waals surface area contributed by atoms with Gasteiger partial charge in [0.2, 0.25) is 0 Å². The van der Waals surface area contributed by atoms with Crippen molar-refractivity contribution in [2.24, 2.45) is 0 Å². The Morgan fingerprint density at radius 1 is 1.23 bits per heavy atom. The summed E-state index contributed by atoms with van der Waals surface area (Å²) in [6.45, 7) is 3.34. The zero-order valence-corrected chi connectivity index (χ0v) is 7.07. The van der Waals surface area contributed by atoms with Gasteiger partial charge in [-0.1, -0.05) is 6.58 Å². The van der Waals surface area contributed by atoms with Gasteiger partial charge in [0.05, 0.1) is 0 Å². The number of nitrogens with zero attached hydrogens (tertiary/aromatic N) is 1. The molecule has 1 aliphatic heterocycles. The zero-order chi connectivity index (χ0) is 10.1. The van der Waals surface area contributed by atoms with E-state index in [1.165, 1.54) is 0 Å². The zero-order valence-electron chi connectivity index (χ0n) is 7.07. The normalized spacial score (nSPS) is 21.8. The molecule has 1 heterocycles. The van der Waals surface area contributed by atoms with E-state index in [1.807, 2.05) is 0 Å². The molecule has 1 atom stereocenters. The molecule has 0 aliphatic carbocycles. The number of halogens is 4. The van der Waals surface area contributed by atoms with Gasteiger partial charge in [-0.05, 0) is 25.9 Å². The lowest BCUT2D eigenvalue weighted by molar-refractivity contribution is -0.174. The summed E-state index contributed by atoms with van der Waals surface area (Å²) in [6.07, 6.45) is -3.16. The fourth-order valence-electron chi connectivity index (χ4n) is 1.58. The van der Waals surface area contributed by atoms with E-state index < -0.39 is 18.0 Å². The van der Waals surface area contributed by atoms with Gasteiger partial charge in [0.25, 0.3) is 0 Å². The molecule has 0 N–H and O–H groups in total. The summed E-state index contributed by atoms with van der Waals surface area (Å²) >= 11 is 0. The largest absolute Gasteiger partial charge is 0.410 e. The summed E-state index contributed by atoms with van der Waals surface area (Å²) in [6, 6.07) is -2.10. The summed E-state index contributed by atoms with van der Waals surface area (Å²) < 4.78 is 49.4. The molecule has 76 valence electrons.